The fraction of sp³-hybridized carbons (Fsp3) is 0.350. The number of nitrogens with one attached hydrogen (secondary N) is 3. The summed E-state index contributed by atoms with van der Waals surface area (Å²) < 4.78 is 32.1. The first-order valence-electron chi connectivity index (χ1n) is 10.0. The number of benzene rings is 2. The molecule has 0 radical (unpaired) electrons. The fourth-order valence-electron chi connectivity index (χ4n) is 3.37. The standard InChI is InChI=1S/C20H24Cl2N6O3S/c1-27-20(24-17-11-15(21)10-16(22)12-17)25-19(26-27)23-13-14-2-4-18(5-3-14)32(29,30)28-6-8-31-9-7-28/h2-5,10-12,20,24H,6-9,13H2,1H3,(H2,23,25,26). The number of halogens is 2. The minimum atomic E-state index is -3.50. The Bertz CT molecular complexity index is 1070. The zero-order valence-electron chi connectivity index (χ0n) is 17.4. The summed E-state index contributed by atoms with van der Waals surface area (Å²) in [4.78, 5) is 4.85. The first-order valence-corrected chi connectivity index (χ1v) is 12.2. The second kappa shape index (κ2) is 9.82. The van der Waals surface area contributed by atoms with E-state index in [1.54, 1.807) is 47.5 Å². The predicted octanol–water partition coefficient (Wildman–Crippen LogP) is 2.31. The highest BCUT2D eigenvalue weighted by atomic mass is 35.5. The highest BCUT2D eigenvalue weighted by Crippen LogP contribution is 2.24. The van der Waals surface area contributed by atoms with Gasteiger partial charge in [0, 0.05) is 42.4 Å². The van der Waals surface area contributed by atoms with Gasteiger partial charge in [0.2, 0.25) is 16.0 Å². The molecule has 4 rings (SSSR count). The third kappa shape index (κ3) is 5.45. The van der Waals surface area contributed by atoms with Crippen LogP contribution in [0.3, 0.4) is 0 Å². The molecule has 2 aromatic carbocycles. The van der Waals surface area contributed by atoms with Crippen LogP contribution in [-0.2, 0) is 21.3 Å². The van der Waals surface area contributed by atoms with Crippen LogP contribution in [0.1, 0.15) is 5.56 Å². The second-order valence-corrected chi connectivity index (χ2v) is 10.2. The summed E-state index contributed by atoms with van der Waals surface area (Å²) in [6.07, 6.45) is -0.354. The van der Waals surface area contributed by atoms with Crippen molar-refractivity contribution in [3.63, 3.8) is 0 Å². The maximum Gasteiger partial charge on any atom is 0.243 e. The number of hydrogen-bond donors (Lipinski definition) is 3. The van der Waals surface area contributed by atoms with Crippen molar-refractivity contribution in [2.24, 2.45) is 4.99 Å². The summed E-state index contributed by atoms with van der Waals surface area (Å²) in [5.74, 6) is 0.586. The van der Waals surface area contributed by atoms with E-state index in [4.69, 9.17) is 27.9 Å². The van der Waals surface area contributed by atoms with Crippen LogP contribution < -0.4 is 16.1 Å². The van der Waals surface area contributed by atoms with Crippen LogP contribution in [0.15, 0.2) is 52.4 Å². The average molecular weight is 499 g/mol. The molecule has 0 aromatic heterocycles. The number of morpholine rings is 1. The molecule has 0 aliphatic carbocycles. The maximum absolute atomic E-state index is 12.7. The van der Waals surface area contributed by atoms with Crippen LogP contribution in [0.5, 0.6) is 0 Å². The third-order valence-electron chi connectivity index (χ3n) is 5.05. The van der Waals surface area contributed by atoms with Crippen molar-refractivity contribution in [2.75, 3.05) is 38.7 Å². The van der Waals surface area contributed by atoms with Gasteiger partial charge in [0.1, 0.15) is 0 Å². The van der Waals surface area contributed by atoms with Crippen molar-refractivity contribution in [3.8, 4) is 0 Å². The molecular formula is C20H24Cl2N6O3S. The molecule has 32 heavy (non-hydrogen) atoms. The molecule has 2 heterocycles. The van der Waals surface area contributed by atoms with Gasteiger partial charge >= 0.3 is 0 Å². The summed E-state index contributed by atoms with van der Waals surface area (Å²) in [5, 5.41) is 9.33. The first kappa shape index (κ1) is 23.1. The van der Waals surface area contributed by atoms with Gasteiger partial charge in [-0.2, -0.15) is 9.31 Å². The summed E-state index contributed by atoms with van der Waals surface area (Å²) in [7, 11) is -1.64. The topological polar surface area (TPSA) is 98.3 Å². The highest BCUT2D eigenvalue weighted by molar-refractivity contribution is 7.89. The molecule has 0 spiro atoms. The van der Waals surface area contributed by atoms with Gasteiger partial charge in [0.25, 0.3) is 0 Å². The van der Waals surface area contributed by atoms with Gasteiger partial charge in [-0.1, -0.05) is 35.3 Å². The number of ether oxygens (including phenoxy) is 1. The highest BCUT2D eigenvalue weighted by Gasteiger charge is 2.26. The Kier molecular flexibility index (Phi) is 7.08. The smallest absolute Gasteiger partial charge is 0.243 e. The van der Waals surface area contributed by atoms with Gasteiger partial charge < -0.3 is 15.4 Å². The molecule has 1 atom stereocenters. The Labute approximate surface area is 197 Å². The molecule has 3 N–H and O–H groups in total. The van der Waals surface area contributed by atoms with E-state index >= 15 is 0 Å². The van der Waals surface area contributed by atoms with Crippen LogP contribution in [0, 0.1) is 0 Å². The van der Waals surface area contributed by atoms with E-state index in [-0.39, 0.29) is 11.2 Å². The van der Waals surface area contributed by atoms with Crippen molar-refractivity contribution < 1.29 is 13.2 Å². The molecule has 1 fully saturated rings. The van der Waals surface area contributed by atoms with Crippen LogP contribution >= 0.6 is 23.2 Å². The van der Waals surface area contributed by atoms with Gasteiger partial charge in [-0.15, -0.1) is 0 Å². The number of hydrazine groups is 1. The SMILES string of the molecule is CN1NC(NCc2ccc(S(=O)(=O)N3CCOCC3)cc2)=NC1Nc1cc(Cl)cc(Cl)c1. The minimum Gasteiger partial charge on any atom is -0.379 e. The molecule has 0 amide bonds. The monoisotopic (exact) mass is 498 g/mol. The van der Waals surface area contributed by atoms with E-state index in [1.807, 2.05) is 7.05 Å². The van der Waals surface area contributed by atoms with Gasteiger partial charge in [-0.3, -0.25) is 5.43 Å². The molecule has 2 aliphatic rings. The van der Waals surface area contributed by atoms with Crippen molar-refractivity contribution >= 4 is 44.9 Å². The van der Waals surface area contributed by atoms with Crippen LogP contribution in [-0.4, -0.2) is 63.3 Å². The first-order chi connectivity index (χ1) is 15.3. The molecule has 2 aromatic rings. The van der Waals surface area contributed by atoms with Crippen LogP contribution in [0.4, 0.5) is 5.69 Å². The molecule has 12 heteroatoms. The Hall–Kier alpha value is -2.08. The summed E-state index contributed by atoms with van der Waals surface area (Å²) >= 11 is 12.1. The number of anilines is 1. The zero-order valence-corrected chi connectivity index (χ0v) is 19.7. The van der Waals surface area contributed by atoms with E-state index in [9.17, 15) is 8.42 Å². The van der Waals surface area contributed by atoms with Crippen LogP contribution in [0.25, 0.3) is 0 Å². The van der Waals surface area contributed by atoms with Gasteiger partial charge in [-0.25, -0.2) is 13.4 Å². The van der Waals surface area contributed by atoms with Crippen molar-refractivity contribution in [1.29, 1.82) is 0 Å². The van der Waals surface area contributed by atoms with Crippen molar-refractivity contribution in [2.45, 2.75) is 17.7 Å². The molecule has 0 bridgehead atoms. The number of rotatable bonds is 6. The Morgan fingerprint density at radius 3 is 2.44 bits per heavy atom. The maximum atomic E-state index is 12.7. The molecule has 172 valence electrons. The lowest BCUT2D eigenvalue weighted by Gasteiger charge is -2.26. The second-order valence-electron chi connectivity index (χ2n) is 7.39. The predicted molar refractivity (Wildman–Crippen MR) is 125 cm³/mol. The quantitative estimate of drug-likeness (QED) is 0.561. The lowest BCUT2D eigenvalue weighted by atomic mass is 10.2. The van der Waals surface area contributed by atoms with E-state index in [2.05, 4.69) is 21.1 Å². The molecular weight excluding hydrogens is 475 g/mol. The van der Waals surface area contributed by atoms with E-state index in [1.165, 1.54) is 4.31 Å². The zero-order chi connectivity index (χ0) is 22.7. The Morgan fingerprint density at radius 2 is 1.78 bits per heavy atom. The van der Waals surface area contributed by atoms with Gasteiger partial charge in [-0.05, 0) is 35.9 Å². The average Bonchev–Trinajstić information content (AvgIpc) is 3.11. The summed E-state index contributed by atoms with van der Waals surface area (Å²) in [6, 6.07) is 12.1. The number of nitrogens with zero attached hydrogens (tertiary/aromatic N) is 3. The minimum absolute atomic E-state index is 0.281. The Balaban J connectivity index is 1.35. The fourth-order valence-corrected chi connectivity index (χ4v) is 5.30. The van der Waals surface area contributed by atoms with Crippen LogP contribution in [0.2, 0.25) is 10.0 Å². The molecule has 9 nitrogen and oxygen atoms in total. The normalized spacial score (nSPS) is 20.0. The van der Waals surface area contributed by atoms with Gasteiger partial charge in [0.15, 0.2) is 6.29 Å². The van der Waals surface area contributed by atoms with E-state index < -0.39 is 10.0 Å². The van der Waals surface area contributed by atoms with E-state index in [0.717, 1.165) is 11.3 Å². The Morgan fingerprint density at radius 1 is 1.12 bits per heavy atom. The van der Waals surface area contributed by atoms with Gasteiger partial charge in [0.05, 0.1) is 18.1 Å². The molecule has 1 unspecified atom stereocenters. The molecule has 0 saturated carbocycles. The lowest BCUT2D eigenvalue weighted by molar-refractivity contribution is 0.0730. The number of guanidine groups is 1. The third-order valence-corrected chi connectivity index (χ3v) is 7.40. The van der Waals surface area contributed by atoms with Crippen molar-refractivity contribution in [3.05, 3.63) is 58.1 Å². The number of sulfonamides is 1. The van der Waals surface area contributed by atoms with E-state index in [0.29, 0.717) is 48.9 Å². The molecule has 2 aliphatic heterocycles. The lowest BCUT2D eigenvalue weighted by Crippen LogP contribution is -2.44. The number of hydrogen-bond acceptors (Lipinski definition) is 8. The largest absolute Gasteiger partial charge is 0.379 e. The summed E-state index contributed by atoms with van der Waals surface area (Å²) in [5.41, 5.74) is 4.81. The summed E-state index contributed by atoms with van der Waals surface area (Å²) in [6.45, 7) is 2.08. The van der Waals surface area contributed by atoms with Crippen molar-refractivity contribution in [1.82, 2.24) is 20.1 Å². The molecule has 1 saturated heterocycles. The number of aliphatic imine (C=N–C) groups is 1.